The van der Waals surface area contributed by atoms with Gasteiger partial charge in [0.15, 0.2) is 9.84 Å². The SMILES string of the molecule is O=C(CCS(=O)(=O)c1cccc(Cl)c1)Nc1ccccc1C(F)(F)F. The average molecular weight is 392 g/mol. The standard InChI is InChI=1S/C16H13ClF3NO3S/c17-11-4-3-5-12(10-11)25(23,24)9-8-15(22)21-14-7-2-1-6-13(14)16(18,19)20/h1-7,10H,8-9H2,(H,21,22). The van der Waals surface area contributed by atoms with Crippen molar-refractivity contribution in [3.8, 4) is 0 Å². The summed E-state index contributed by atoms with van der Waals surface area (Å²) in [6.07, 6.45) is -5.11. The highest BCUT2D eigenvalue weighted by molar-refractivity contribution is 7.91. The molecule has 0 saturated heterocycles. The minimum atomic E-state index is -4.63. The molecule has 0 unspecified atom stereocenters. The average Bonchev–Trinajstić information content (AvgIpc) is 2.52. The Morgan fingerprint density at radius 1 is 1.08 bits per heavy atom. The molecule has 0 atom stereocenters. The van der Waals surface area contributed by atoms with Crippen LogP contribution in [-0.4, -0.2) is 20.1 Å². The van der Waals surface area contributed by atoms with Crippen molar-refractivity contribution >= 4 is 33.0 Å². The molecule has 1 amide bonds. The van der Waals surface area contributed by atoms with Crippen LogP contribution in [0.2, 0.25) is 5.02 Å². The molecule has 0 aliphatic carbocycles. The van der Waals surface area contributed by atoms with E-state index in [0.717, 1.165) is 12.1 Å². The van der Waals surface area contributed by atoms with Crippen LogP contribution in [0, 0.1) is 0 Å². The molecule has 4 nitrogen and oxygen atoms in total. The van der Waals surface area contributed by atoms with Crippen LogP contribution in [0.3, 0.4) is 0 Å². The number of nitrogens with one attached hydrogen (secondary N) is 1. The summed E-state index contributed by atoms with van der Waals surface area (Å²) in [5.74, 6) is -1.38. The van der Waals surface area contributed by atoms with Crippen molar-refractivity contribution in [2.24, 2.45) is 0 Å². The highest BCUT2D eigenvalue weighted by atomic mass is 35.5. The van der Waals surface area contributed by atoms with Crippen LogP contribution in [-0.2, 0) is 20.8 Å². The number of anilines is 1. The lowest BCUT2D eigenvalue weighted by atomic mass is 10.1. The Balaban J connectivity index is 2.07. The Hall–Kier alpha value is -2.06. The third-order valence-corrected chi connectivity index (χ3v) is 5.21. The molecule has 0 aliphatic heterocycles. The van der Waals surface area contributed by atoms with Crippen molar-refractivity contribution < 1.29 is 26.4 Å². The number of sulfone groups is 1. The second kappa shape index (κ2) is 7.45. The zero-order valence-corrected chi connectivity index (χ0v) is 14.3. The highest BCUT2D eigenvalue weighted by Gasteiger charge is 2.33. The fourth-order valence-electron chi connectivity index (χ4n) is 2.06. The van der Waals surface area contributed by atoms with Gasteiger partial charge >= 0.3 is 6.18 Å². The molecule has 1 N–H and O–H groups in total. The molecule has 0 saturated carbocycles. The van der Waals surface area contributed by atoms with Gasteiger partial charge in [-0.3, -0.25) is 4.79 Å². The van der Waals surface area contributed by atoms with Gasteiger partial charge in [-0.1, -0.05) is 29.8 Å². The maximum absolute atomic E-state index is 12.9. The van der Waals surface area contributed by atoms with E-state index in [0.29, 0.717) is 0 Å². The number of benzene rings is 2. The van der Waals surface area contributed by atoms with Crippen LogP contribution < -0.4 is 5.32 Å². The predicted octanol–water partition coefficient (Wildman–Crippen LogP) is 4.16. The summed E-state index contributed by atoms with van der Waals surface area (Å²) in [5.41, 5.74) is -1.42. The maximum atomic E-state index is 12.9. The van der Waals surface area contributed by atoms with E-state index in [4.69, 9.17) is 11.6 Å². The molecule has 0 aliphatic rings. The van der Waals surface area contributed by atoms with Crippen LogP contribution in [0.4, 0.5) is 18.9 Å². The van der Waals surface area contributed by atoms with Crippen LogP contribution in [0.5, 0.6) is 0 Å². The first-order valence-corrected chi connectivity index (χ1v) is 9.07. The lowest BCUT2D eigenvalue weighted by molar-refractivity contribution is -0.137. The first kappa shape index (κ1) is 19.3. The largest absolute Gasteiger partial charge is 0.418 e. The maximum Gasteiger partial charge on any atom is 0.418 e. The first-order chi connectivity index (χ1) is 11.6. The van der Waals surface area contributed by atoms with E-state index in [2.05, 4.69) is 5.32 Å². The fraction of sp³-hybridized carbons (Fsp3) is 0.188. The minimum absolute atomic E-state index is 0.0523. The van der Waals surface area contributed by atoms with Gasteiger partial charge in [0, 0.05) is 11.4 Å². The van der Waals surface area contributed by atoms with Crippen LogP contribution in [0.15, 0.2) is 53.4 Å². The highest BCUT2D eigenvalue weighted by Crippen LogP contribution is 2.34. The zero-order chi connectivity index (χ0) is 18.7. The number of carbonyl (C=O) groups is 1. The van der Waals surface area contributed by atoms with Gasteiger partial charge in [-0.05, 0) is 30.3 Å². The van der Waals surface area contributed by atoms with Gasteiger partial charge in [0.2, 0.25) is 5.91 Å². The molecule has 2 rings (SSSR count). The third kappa shape index (κ3) is 5.20. The van der Waals surface area contributed by atoms with E-state index in [1.807, 2.05) is 0 Å². The number of para-hydroxylation sites is 1. The number of hydrogen-bond donors (Lipinski definition) is 1. The molecule has 9 heteroatoms. The van der Waals surface area contributed by atoms with Gasteiger partial charge in [0.1, 0.15) is 0 Å². The number of rotatable bonds is 5. The summed E-state index contributed by atoms with van der Waals surface area (Å²) in [6.45, 7) is 0. The molecule has 0 fully saturated rings. The molecule has 0 bridgehead atoms. The van der Waals surface area contributed by atoms with Gasteiger partial charge in [-0.15, -0.1) is 0 Å². The molecular weight excluding hydrogens is 379 g/mol. The van der Waals surface area contributed by atoms with E-state index < -0.39 is 45.3 Å². The number of hydrogen-bond acceptors (Lipinski definition) is 3. The van der Waals surface area contributed by atoms with E-state index in [1.54, 1.807) is 0 Å². The fourth-order valence-corrected chi connectivity index (χ4v) is 3.59. The van der Waals surface area contributed by atoms with E-state index in [1.165, 1.54) is 36.4 Å². The molecule has 0 heterocycles. The van der Waals surface area contributed by atoms with Gasteiger partial charge < -0.3 is 5.32 Å². The third-order valence-electron chi connectivity index (χ3n) is 3.26. The van der Waals surface area contributed by atoms with Crippen molar-refractivity contribution in [2.45, 2.75) is 17.5 Å². The van der Waals surface area contributed by atoms with Crippen molar-refractivity contribution in [1.29, 1.82) is 0 Å². The van der Waals surface area contributed by atoms with Crippen molar-refractivity contribution in [3.63, 3.8) is 0 Å². The summed E-state index contributed by atoms with van der Waals surface area (Å²) in [4.78, 5) is 11.8. The molecule has 25 heavy (non-hydrogen) atoms. The van der Waals surface area contributed by atoms with Crippen LogP contribution in [0.25, 0.3) is 0 Å². The van der Waals surface area contributed by atoms with Crippen molar-refractivity contribution in [3.05, 3.63) is 59.1 Å². The van der Waals surface area contributed by atoms with Crippen molar-refractivity contribution in [1.82, 2.24) is 0 Å². The van der Waals surface area contributed by atoms with Gasteiger partial charge in [0.25, 0.3) is 0 Å². The predicted molar refractivity (Wildman–Crippen MR) is 88.2 cm³/mol. The first-order valence-electron chi connectivity index (χ1n) is 7.04. The summed E-state index contributed by atoms with van der Waals surface area (Å²) >= 11 is 5.73. The molecule has 134 valence electrons. The van der Waals surface area contributed by atoms with Gasteiger partial charge in [0.05, 0.1) is 21.9 Å². The van der Waals surface area contributed by atoms with Crippen molar-refractivity contribution in [2.75, 3.05) is 11.1 Å². The summed E-state index contributed by atoms with van der Waals surface area (Å²) < 4.78 is 62.9. The molecule has 2 aromatic carbocycles. The number of amides is 1. The van der Waals surface area contributed by atoms with E-state index in [9.17, 15) is 26.4 Å². The number of carbonyl (C=O) groups excluding carboxylic acids is 1. The second-order valence-electron chi connectivity index (χ2n) is 5.12. The molecule has 0 spiro atoms. The Morgan fingerprint density at radius 2 is 1.76 bits per heavy atom. The molecule has 2 aromatic rings. The number of halogens is 4. The smallest absolute Gasteiger partial charge is 0.325 e. The lowest BCUT2D eigenvalue weighted by Crippen LogP contribution is -2.19. The minimum Gasteiger partial charge on any atom is -0.325 e. The second-order valence-corrected chi connectivity index (χ2v) is 7.66. The van der Waals surface area contributed by atoms with E-state index >= 15 is 0 Å². The molecule has 0 aromatic heterocycles. The number of alkyl halides is 3. The van der Waals surface area contributed by atoms with Gasteiger partial charge in [-0.25, -0.2) is 8.42 Å². The Bertz CT molecular complexity index is 882. The lowest BCUT2D eigenvalue weighted by Gasteiger charge is -2.13. The van der Waals surface area contributed by atoms with Gasteiger partial charge in [-0.2, -0.15) is 13.2 Å². The van der Waals surface area contributed by atoms with E-state index in [-0.39, 0.29) is 9.92 Å². The Labute approximate surface area is 147 Å². The topological polar surface area (TPSA) is 63.2 Å². The monoisotopic (exact) mass is 391 g/mol. The van der Waals surface area contributed by atoms with Crippen LogP contribution >= 0.6 is 11.6 Å². The van der Waals surface area contributed by atoms with Crippen LogP contribution in [0.1, 0.15) is 12.0 Å². The molecule has 0 radical (unpaired) electrons. The normalized spacial score (nSPS) is 12.0. The Morgan fingerprint density at radius 3 is 2.40 bits per heavy atom. The summed E-state index contributed by atoms with van der Waals surface area (Å²) in [5, 5.41) is 2.33. The summed E-state index contributed by atoms with van der Waals surface area (Å²) in [7, 11) is -3.78. The zero-order valence-electron chi connectivity index (χ0n) is 12.7. The quantitative estimate of drug-likeness (QED) is 0.832. The summed E-state index contributed by atoms with van der Waals surface area (Å²) in [6, 6.07) is 10.0. The molecular formula is C16H13ClF3NO3S. The Kier molecular flexibility index (Phi) is 5.74.